The highest BCUT2D eigenvalue weighted by Gasteiger charge is 2.51. The predicted octanol–water partition coefficient (Wildman–Crippen LogP) is 1.57. The van der Waals surface area contributed by atoms with Crippen LogP contribution in [0.1, 0.15) is 45.4 Å². The van der Waals surface area contributed by atoms with Gasteiger partial charge in [-0.05, 0) is 75.3 Å². The van der Waals surface area contributed by atoms with Gasteiger partial charge in [0.15, 0.2) is 6.04 Å². The largest absolute Gasteiger partial charge is 0.360 e. The van der Waals surface area contributed by atoms with Crippen LogP contribution in [0.15, 0.2) is 30.3 Å². The van der Waals surface area contributed by atoms with Crippen molar-refractivity contribution in [1.82, 2.24) is 10.6 Å². The van der Waals surface area contributed by atoms with Crippen LogP contribution < -0.4 is 20.4 Å². The molecule has 1 aromatic carbocycles. The maximum atomic E-state index is 12.8. The molecule has 3 amide bonds. The van der Waals surface area contributed by atoms with Crippen molar-refractivity contribution in [3.05, 3.63) is 30.3 Å². The van der Waals surface area contributed by atoms with Gasteiger partial charge in [0.25, 0.3) is 5.91 Å². The van der Waals surface area contributed by atoms with E-state index in [0.29, 0.717) is 0 Å². The van der Waals surface area contributed by atoms with Gasteiger partial charge in [0.2, 0.25) is 0 Å². The van der Waals surface area contributed by atoms with E-state index >= 15 is 0 Å². The van der Waals surface area contributed by atoms with Gasteiger partial charge < -0.3 is 15.1 Å². The Kier molecular flexibility index (Phi) is 5.21. The lowest BCUT2D eigenvalue weighted by Gasteiger charge is -2.56. The molecule has 4 saturated carbocycles. The lowest BCUT2D eigenvalue weighted by molar-refractivity contribution is -0.914. The van der Waals surface area contributed by atoms with Crippen LogP contribution in [0, 0.1) is 17.8 Å². The first-order valence-corrected chi connectivity index (χ1v) is 11.8. The molecular weight excluding hydrogens is 376 g/mol. The van der Waals surface area contributed by atoms with E-state index in [1.165, 1.54) is 29.8 Å². The van der Waals surface area contributed by atoms with Crippen LogP contribution in [-0.2, 0) is 4.79 Å². The number of hydrogen-bond acceptors (Lipinski definition) is 3. The Morgan fingerprint density at radius 2 is 1.57 bits per heavy atom. The lowest BCUT2D eigenvalue weighted by Crippen LogP contribution is -3.19. The van der Waals surface area contributed by atoms with E-state index < -0.39 is 0 Å². The zero-order chi connectivity index (χ0) is 20.7. The Morgan fingerprint density at radius 1 is 1.00 bits per heavy atom. The maximum absolute atomic E-state index is 12.8. The molecule has 1 aliphatic heterocycles. The summed E-state index contributed by atoms with van der Waals surface area (Å²) in [6, 6.07) is 9.93. The van der Waals surface area contributed by atoms with Crippen molar-refractivity contribution < 1.29 is 14.5 Å². The van der Waals surface area contributed by atoms with Crippen molar-refractivity contribution in [2.24, 2.45) is 17.8 Å². The van der Waals surface area contributed by atoms with Gasteiger partial charge in [-0.3, -0.25) is 10.1 Å². The van der Waals surface area contributed by atoms with E-state index in [1.54, 1.807) is 0 Å². The van der Waals surface area contributed by atoms with Crippen molar-refractivity contribution in [3.8, 4) is 0 Å². The molecule has 4 aliphatic carbocycles. The minimum absolute atomic E-state index is 0.0590. The van der Waals surface area contributed by atoms with Crippen LogP contribution in [0.5, 0.6) is 0 Å². The third-order valence-corrected chi connectivity index (χ3v) is 8.19. The number of imide groups is 1. The molecule has 162 valence electrons. The van der Waals surface area contributed by atoms with Crippen LogP contribution in [-0.4, -0.2) is 49.7 Å². The molecule has 3 N–H and O–H groups in total. The first-order valence-electron chi connectivity index (χ1n) is 11.8. The second kappa shape index (κ2) is 7.88. The molecule has 30 heavy (non-hydrogen) atoms. The Bertz CT molecular complexity index is 752. The second-order valence-electron chi connectivity index (χ2n) is 10.3. The van der Waals surface area contributed by atoms with Crippen molar-refractivity contribution in [3.63, 3.8) is 0 Å². The number of amides is 3. The van der Waals surface area contributed by atoms with Gasteiger partial charge in [0, 0.05) is 11.2 Å². The van der Waals surface area contributed by atoms with E-state index in [4.69, 9.17) is 0 Å². The monoisotopic (exact) mass is 411 g/mol. The van der Waals surface area contributed by atoms with Gasteiger partial charge in [0.1, 0.15) is 0 Å². The molecule has 5 fully saturated rings. The minimum Gasteiger partial charge on any atom is -0.360 e. The van der Waals surface area contributed by atoms with Gasteiger partial charge in [-0.2, -0.15) is 0 Å². The highest BCUT2D eigenvalue weighted by atomic mass is 16.2. The summed E-state index contributed by atoms with van der Waals surface area (Å²) in [6.45, 7) is 5.61. The Labute approximate surface area is 179 Å². The molecule has 0 spiro atoms. The molecule has 6 heteroatoms. The van der Waals surface area contributed by atoms with Crippen molar-refractivity contribution in [2.45, 2.75) is 57.0 Å². The molecule has 0 unspecified atom stereocenters. The Morgan fingerprint density at radius 3 is 2.13 bits per heavy atom. The number of carbonyl (C=O) groups is 2. The maximum Gasteiger partial charge on any atom is 0.322 e. The summed E-state index contributed by atoms with van der Waals surface area (Å²) in [7, 11) is 0. The summed E-state index contributed by atoms with van der Waals surface area (Å²) < 4.78 is 0. The standard InChI is InChI=1S/C24H34N4O2/c1-17(27-7-9-28(10-8-27)21-5-3-2-4-6-21)22(29)25-23(30)26-24-14-18-11-19(15-24)13-20(12-18)16-24/h2-6,17-20H,7-16H2,1H3,(H2,25,26,29,30)/p+1/t17-,18?,19?,20?,24?/m0/s1. The summed E-state index contributed by atoms with van der Waals surface area (Å²) in [6.07, 6.45) is 7.33. The van der Waals surface area contributed by atoms with Crippen molar-refractivity contribution >= 4 is 17.6 Å². The van der Waals surface area contributed by atoms with E-state index in [9.17, 15) is 9.59 Å². The van der Waals surface area contributed by atoms with Gasteiger partial charge in [-0.1, -0.05) is 18.2 Å². The molecule has 6 rings (SSSR count). The number of benzene rings is 1. The van der Waals surface area contributed by atoms with E-state index in [-0.39, 0.29) is 23.5 Å². The summed E-state index contributed by atoms with van der Waals surface area (Å²) >= 11 is 0. The normalized spacial score (nSPS) is 33.9. The predicted molar refractivity (Wildman–Crippen MR) is 116 cm³/mol. The van der Waals surface area contributed by atoms with E-state index in [2.05, 4.69) is 39.8 Å². The molecule has 1 aromatic rings. The number of urea groups is 1. The minimum atomic E-state index is -0.281. The molecule has 5 aliphatic rings. The number of piperazine rings is 1. The molecular formula is C24H35N4O2+. The highest BCUT2D eigenvalue weighted by Crippen LogP contribution is 2.55. The number of quaternary nitrogens is 1. The summed E-state index contributed by atoms with van der Waals surface area (Å²) in [5.41, 5.74) is 1.18. The molecule has 1 atom stereocenters. The van der Waals surface area contributed by atoms with Gasteiger partial charge in [-0.15, -0.1) is 0 Å². The average molecular weight is 412 g/mol. The number of nitrogens with zero attached hydrogens (tertiary/aromatic N) is 1. The number of carbonyl (C=O) groups excluding carboxylic acids is 2. The summed E-state index contributed by atoms with van der Waals surface area (Å²) in [5, 5.41) is 5.92. The highest BCUT2D eigenvalue weighted by molar-refractivity contribution is 5.96. The van der Waals surface area contributed by atoms with Crippen molar-refractivity contribution in [2.75, 3.05) is 31.1 Å². The molecule has 1 saturated heterocycles. The first-order chi connectivity index (χ1) is 14.5. The molecule has 0 radical (unpaired) electrons. The van der Waals surface area contributed by atoms with Gasteiger partial charge in [0.05, 0.1) is 26.2 Å². The molecule has 1 heterocycles. The third kappa shape index (κ3) is 3.94. The van der Waals surface area contributed by atoms with Gasteiger partial charge in [-0.25, -0.2) is 4.79 Å². The quantitative estimate of drug-likeness (QED) is 0.705. The zero-order valence-corrected chi connectivity index (χ0v) is 18.0. The summed E-state index contributed by atoms with van der Waals surface area (Å²) in [4.78, 5) is 29.1. The van der Waals surface area contributed by atoms with Crippen LogP contribution in [0.2, 0.25) is 0 Å². The van der Waals surface area contributed by atoms with Gasteiger partial charge >= 0.3 is 6.03 Å². The molecule has 4 bridgehead atoms. The smallest absolute Gasteiger partial charge is 0.322 e. The number of nitrogens with one attached hydrogen (secondary N) is 3. The fraction of sp³-hybridized carbons (Fsp3) is 0.667. The number of anilines is 1. The lowest BCUT2D eigenvalue weighted by atomic mass is 9.53. The fourth-order valence-electron chi connectivity index (χ4n) is 7.07. The Hall–Kier alpha value is -2.08. The molecule has 6 nitrogen and oxygen atoms in total. The second-order valence-corrected chi connectivity index (χ2v) is 10.3. The van der Waals surface area contributed by atoms with Crippen molar-refractivity contribution in [1.29, 1.82) is 0 Å². The third-order valence-electron chi connectivity index (χ3n) is 8.19. The van der Waals surface area contributed by atoms with Crippen LogP contribution in [0.25, 0.3) is 0 Å². The number of para-hydroxylation sites is 1. The number of hydrogen-bond donors (Lipinski definition) is 3. The zero-order valence-electron chi connectivity index (χ0n) is 18.0. The van der Waals surface area contributed by atoms with Crippen LogP contribution in [0.3, 0.4) is 0 Å². The Balaban J connectivity index is 1.12. The fourth-order valence-corrected chi connectivity index (χ4v) is 7.07. The molecule has 0 aromatic heterocycles. The van der Waals surface area contributed by atoms with E-state index in [0.717, 1.165) is 63.2 Å². The first kappa shape index (κ1) is 19.9. The topological polar surface area (TPSA) is 65.9 Å². The van der Waals surface area contributed by atoms with Crippen LogP contribution in [0.4, 0.5) is 10.5 Å². The SMILES string of the molecule is C[C@@H](C(=O)NC(=O)NC12CC3CC(CC(C3)C1)C2)[NH+]1CCN(c2ccccc2)CC1. The number of rotatable bonds is 4. The van der Waals surface area contributed by atoms with Crippen LogP contribution >= 0.6 is 0 Å². The van der Waals surface area contributed by atoms with E-state index in [1.807, 2.05) is 13.0 Å². The summed E-state index contributed by atoms with van der Waals surface area (Å²) in [5.74, 6) is 2.17. The average Bonchev–Trinajstić information content (AvgIpc) is 2.72.